The van der Waals surface area contributed by atoms with Crippen molar-refractivity contribution in [2.45, 2.75) is 26.7 Å². The van der Waals surface area contributed by atoms with E-state index in [9.17, 15) is 9.59 Å². The molecule has 0 spiro atoms. The van der Waals surface area contributed by atoms with Gasteiger partial charge in [0.05, 0.1) is 11.6 Å². The fourth-order valence-corrected chi connectivity index (χ4v) is 2.87. The summed E-state index contributed by atoms with van der Waals surface area (Å²) in [6.07, 6.45) is 3.11. The van der Waals surface area contributed by atoms with E-state index in [1.54, 1.807) is 62.6 Å². The van der Waals surface area contributed by atoms with Crippen LogP contribution in [0.25, 0.3) is 0 Å². The molecule has 0 aliphatic carbocycles. The van der Waals surface area contributed by atoms with Crippen molar-refractivity contribution >= 4 is 23.2 Å². The van der Waals surface area contributed by atoms with Gasteiger partial charge in [-0.05, 0) is 51.1 Å². The van der Waals surface area contributed by atoms with E-state index in [0.29, 0.717) is 28.4 Å². The molecule has 3 aromatic rings. The molecule has 27 heavy (non-hydrogen) atoms. The van der Waals surface area contributed by atoms with Crippen LogP contribution in [0.4, 0.5) is 11.4 Å². The number of anilines is 2. The van der Waals surface area contributed by atoms with Crippen molar-refractivity contribution in [3.05, 3.63) is 71.4 Å². The highest BCUT2D eigenvalue weighted by molar-refractivity contribution is 6.04. The normalized spacial score (nSPS) is 11.7. The summed E-state index contributed by atoms with van der Waals surface area (Å²) in [5.74, 6) is -0.202. The van der Waals surface area contributed by atoms with E-state index in [4.69, 9.17) is 4.52 Å². The first-order chi connectivity index (χ1) is 13.0. The first-order valence-corrected chi connectivity index (χ1v) is 8.51. The third kappa shape index (κ3) is 4.20. The summed E-state index contributed by atoms with van der Waals surface area (Å²) < 4.78 is 5.14. The second-order valence-electron chi connectivity index (χ2n) is 6.22. The number of aryl methyl sites for hydroxylation is 2. The van der Waals surface area contributed by atoms with Crippen molar-refractivity contribution in [1.82, 2.24) is 10.1 Å². The van der Waals surface area contributed by atoms with Crippen molar-refractivity contribution in [3.8, 4) is 0 Å². The number of aromatic nitrogens is 2. The third-order valence-electron chi connectivity index (χ3n) is 4.25. The van der Waals surface area contributed by atoms with E-state index in [1.165, 1.54) is 0 Å². The molecule has 0 aliphatic heterocycles. The molecule has 1 unspecified atom stereocenters. The molecule has 2 heterocycles. The van der Waals surface area contributed by atoms with Gasteiger partial charge in [0.25, 0.3) is 5.91 Å². The van der Waals surface area contributed by atoms with Gasteiger partial charge in [-0.2, -0.15) is 0 Å². The maximum atomic E-state index is 12.6. The first kappa shape index (κ1) is 18.3. The number of nitrogens with zero attached hydrogens (tertiary/aromatic N) is 2. The van der Waals surface area contributed by atoms with Crippen LogP contribution in [0.15, 0.2) is 53.3 Å². The minimum atomic E-state index is -0.411. The number of hydrogen-bond donors (Lipinski definition) is 2. The zero-order valence-corrected chi connectivity index (χ0v) is 15.3. The molecule has 0 aliphatic rings. The largest absolute Gasteiger partial charge is 0.361 e. The zero-order valence-electron chi connectivity index (χ0n) is 15.3. The first-order valence-electron chi connectivity index (χ1n) is 8.51. The molecule has 0 saturated carbocycles. The third-order valence-corrected chi connectivity index (χ3v) is 4.25. The SMILES string of the molecule is Cc1noc(C)c1C(C)C(=O)Nc1cccc(NC(=O)c2ccncc2)c1. The maximum absolute atomic E-state index is 12.6. The Hall–Kier alpha value is -3.48. The van der Waals surface area contributed by atoms with Gasteiger partial charge in [-0.25, -0.2) is 0 Å². The summed E-state index contributed by atoms with van der Waals surface area (Å²) in [6.45, 7) is 5.40. The van der Waals surface area contributed by atoms with Crippen LogP contribution in [0.3, 0.4) is 0 Å². The maximum Gasteiger partial charge on any atom is 0.255 e. The summed E-state index contributed by atoms with van der Waals surface area (Å²) in [4.78, 5) is 28.7. The molecule has 2 amide bonds. The highest BCUT2D eigenvalue weighted by Gasteiger charge is 2.23. The van der Waals surface area contributed by atoms with Gasteiger partial charge >= 0.3 is 0 Å². The van der Waals surface area contributed by atoms with Crippen LogP contribution >= 0.6 is 0 Å². The van der Waals surface area contributed by atoms with Gasteiger partial charge in [-0.1, -0.05) is 11.2 Å². The Morgan fingerprint density at radius 3 is 2.33 bits per heavy atom. The molecule has 3 rings (SSSR count). The van der Waals surface area contributed by atoms with Crippen LogP contribution in [0.1, 0.15) is 40.2 Å². The van der Waals surface area contributed by atoms with Crippen LogP contribution in [-0.2, 0) is 4.79 Å². The average Bonchev–Trinajstić information content (AvgIpc) is 3.00. The number of nitrogens with one attached hydrogen (secondary N) is 2. The highest BCUT2D eigenvalue weighted by Crippen LogP contribution is 2.25. The van der Waals surface area contributed by atoms with E-state index >= 15 is 0 Å². The van der Waals surface area contributed by atoms with E-state index < -0.39 is 5.92 Å². The highest BCUT2D eigenvalue weighted by atomic mass is 16.5. The number of hydrogen-bond acceptors (Lipinski definition) is 5. The molecule has 2 aromatic heterocycles. The lowest BCUT2D eigenvalue weighted by atomic mass is 9.98. The summed E-state index contributed by atoms with van der Waals surface area (Å²) in [5, 5.41) is 9.57. The summed E-state index contributed by atoms with van der Waals surface area (Å²) >= 11 is 0. The number of amides is 2. The van der Waals surface area contributed by atoms with Crippen molar-refractivity contribution in [3.63, 3.8) is 0 Å². The van der Waals surface area contributed by atoms with Crippen molar-refractivity contribution < 1.29 is 14.1 Å². The monoisotopic (exact) mass is 364 g/mol. The Labute approximate surface area is 156 Å². The van der Waals surface area contributed by atoms with Gasteiger partial charge < -0.3 is 15.2 Å². The molecule has 0 radical (unpaired) electrons. The van der Waals surface area contributed by atoms with E-state index in [0.717, 1.165) is 5.56 Å². The predicted molar refractivity (Wildman–Crippen MR) is 102 cm³/mol. The standard InChI is InChI=1S/C20H20N4O3/c1-12(18-13(2)24-27-14(18)3)19(25)22-16-5-4-6-17(11-16)23-20(26)15-7-9-21-10-8-15/h4-12H,1-3H3,(H,22,25)(H,23,26). The molecule has 0 bridgehead atoms. The zero-order chi connectivity index (χ0) is 19.4. The topological polar surface area (TPSA) is 97.1 Å². The fraction of sp³-hybridized carbons (Fsp3) is 0.200. The van der Waals surface area contributed by atoms with Crippen LogP contribution in [0, 0.1) is 13.8 Å². The number of carbonyl (C=O) groups is 2. The molecule has 0 saturated heterocycles. The minimum Gasteiger partial charge on any atom is -0.361 e. The van der Waals surface area contributed by atoms with Gasteiger partial charge in [0.15, 0.2) is 0 Å². The number of rotatable bonds is 5. The van der Waals surface area contributed by atoms with E-state index in [1.807, 2.05) is 6.92 Å². The molecule has 1 aromatic carbocycles. The number of benzene rings is 1. The Kier molecular flexibility index (Phi) is 5.30. The minimum absolute atomic E-state index is 0.179. The molecule has 7 heteroatoms. The van der Waals surface area contributed by atoms with Crippen molar-refractivity contribution in [2.75, 3.05) is 10.6 Å². The Bertz CT molecular complexity index is 947. The van der Waals surface area contributed by atoms with Crippen LogP contribution in [-0.4, -0.2) is 22.0 Å². The summed E-state index contributed by atoms with van der Waals surface area (Å²) in [7, 11) is 0. The number of carbonyl (C=O) groups excluding carboxylic acids is 2. The van der Waals surface area contributed by atoms with Gasteiger partial charge in [-0.3, -0.25) is 14.6 Å². The molecule has 138 valence electrons. The lowest BCUT2D eigenvalue weighted by molar-refractivity contribution is -0.117. The second kappa shape index (κ2) is 7.82. The van der Waals surface area contributed by atoms with Crippen LogP contribution in [0.2, 0.25) is 0 Å². The Balaban J connectivity index is 1.70. The fourth-order valence-electron chi connectivity index (χ4n) is 2.87. The number of pyridine rings is 1. The smallest absolute Gasteiger partial charge is 0.255 e. The average molecular weight is 364 g/mol. The Morgan fingerprint density at radius 2 is 1.70 bits per heavy atom. The van der Waals surface area contributed by atoms with Crippen LogP contribution < -0.4 is 10.6 Å². The molecule has 1 atom stereocenters. The van der Waals surface area contributed by atoms with E-state index in [2.05, 4.69) is 20.8 Å². The summed E-state index contributed by atoms with van der Waals surface area (Å²) in [6, 6.07) is 10.3. The van der Waals surface area contributed by atoms with Gasteiger partial charge in [0.1, 0.15) is 5.76 Å². The van der Waals surface area contributed by atoms with Crippen molar-refractivity contribution in [2.24, 2.45) is 0 Å². The molecule has 7 nitrogen and oxygen atoms in total. The lowest BCUT2D eigenvalue weighted by Crippen LogP contribution is -2.20. The summed E-state index contributed by atoms with van der Waals surface area (Å²) in [5.41, 5.74) is 3.17. The van der Waals surface area contributed by atoms with Crippen LogP contribution in [0.5, 0.6) is 0 Å². The van der Waals surface area contributed by atoms with E-state index in [-0.39, 0.29) is 11.8 Å². The van der Waals surface area contributed by atoms with Gasteiger partial charge in [0, 0.05) is 34.9 Å². The van der Waals surface area contributed by atoms with Crippen molar-refractivity contribution in [1.29, 1.82) is 0 Å². The second-order valence-corrected chi connectivity index (χ2v) is 6.22. The Morgan fingerprint density at radius 1 is 1.04 bits per heavy atom. The molecular weight excluding hydrogens is 344 g/mol. The molecule has 0 fully saturated rings. The quantitative estimate of drug-likeness (QED) is 0.720. The molecular formula is C20H20N4O3. The predicted octanol–water partition coefficient (Wildman–Crippen LogP) is 3.68. The lowest BCUT2D eigenvalue weighted by Gasteiger charge is -2.13. The van der Waals surface area contributed by atoms with Gasteiger partial charge in [-0.15, -0.1) is 0 Å². The molecule has 2 N–H and O–H groups in total. The van der Waals surface area contributed by atoms with Gasteiger partial charge in [0.2, 0.25) is 5.91 Å².